The number of carbonyl (C=O) groups is 1. The molecule has 18 heavy (non-hydrogen) atoms. The SMILES string of the molecule is CN1CCCN(C(=O)C2(C(N)=NO)CCC2)CC1. The van der Waals surface area contributed by atoms with E-state index in [-0.39, 0.29) is 11.7 Å². The fourth-order valence-corrected chi connectivity index (χ4v) is 2.76. The molecule has 2 fully saturated rings. The van der Waals surface area contributed by atoms with Crippen molar-refractivity contribution in [3.05, 3.63) is 0 Å². The molecule has 0 radical (unpaired) electrons. The number of likely N-dealkylation sites (N-methyl/N-ethyl adjacent to an activating group) is 1. The summed E-state index contributed by atoms with van der Waals surface area (Å²) in [6, 6.07) is 0. The summed E-state index contributed by atoms with van der Waals surface area (Å²) in [6.45, 7) is 3.40. The summed E-state index contributed by atoms with van der Waals surface area (Å²) < 4.78 is 0. The van der Waals surface area contributed by atoms with Crippen molar-refractivity contribution in [3.63, 3.8) is 0 Å². The standard InChI is InChI=1S/C12H22N4O2/c1-15-6-3-7-16(9-8-15)11(17)12(4-2-5-12)10(13)14-18/h18H,2-9H2,1H3,(H2,13,14). The number of amidine groups is 1. The number of hydrogen-bond acceptors (Lipinski definition) is 4. The van der Waals surface area contributed by atoms with Crippen LogP contribution in [-0.2, 0) is 4.79 Å². The minimum Gasteiger partial charge on any atom is -0.409 e. The third kappa shape index (κ3) is 2.16. The number of hydrogen-bond donors (Lipinski definition) is 2. The normalized spacial score (nSPS) is 25.4. The molecule has 2 rings (SSSR count). The van der Waals surface area contributed by atoms with Crippen molar-refractivity contribution >= 4 is 11.7 Å². The fourth-order valence-electron chi connectivity index (χ4n) is 2.76. The van der Waals surface area contributed by atoms with Crippen LogP contribution in [0.15, 0.2) is 5.16 Å². The number of carbonyl (C=O) groups excluding carboxylic acids is 1. The molecular formula is C12H22N4O2. The van der Waals surface area contributed by atoms with E-state index < -0.39 is 5.41 Å². The molecule has 1 saturated carbocycles. The van der Waals surface area contributed by atoms with Crippen molar-refractivity contribution < 1.29 is 10.0 Å². The quantitative estimate of drug-likeness (QED) is 0.316. The van der Waals surface area contributed by atoms with Crippen molar-refractivity contribution in [2.45, 2.75) is 25.7 Å². The zero-order valence-corrected chi connectivity index (χ0v) is 10.9. The highest BCUT2D eigenvalue weighted by atomic mass is 16.4. The average Bonchev–Trinajstić information content (AvgIpc) is 2.52. The molecule has 0 unspecified atom stereocenters. The van der Waals surface area contributed by atoms with E-state index in [0.717, 1.165) is 39.0 Å². The monoisotopic (exact) mass is 254 g/mol. The van der Waals surface area contributed by atoms with Gasteiger partial charge in [0.15, 0.2) is 5.84 Å². The molecule has 6 heteroatoms. The molecule has 0 aromatic rings. The molecule has 0 bridgehead atoms. The summed E-state index contributed by atoms with van der Waals surface area (Å²) in [4.78, 5) is 16.7. The Kier molecular flexibility index (Phi) is 3.75. The summed E-state index contributed by atoms with van der Waals surface area (Å²) in [5.41, 5.74) is 5.00. The highest BCUT2D eigenvalue weighted by Crippen LogP contribution is 2.42. The van der Waals surface area contributed by atoms with Crippen LogP contribution < -0.4 is 5.73 Å². The van der Waals surface area contributed by atoms with Gasteiger partial charge in [-0.25, -0.2) is 0 Å². The molecule has 0 spiro atoms. The van der Waals surface area contributed by atoms with Crippen LogP contribution in [0.3, 0.4) is 0 Å². The van der Waals surface area contributed by atoms with Crippen LogP contribution in [0, 0.1) is 5.41 Å². The zero-order valence-electron chi connectivity index (χ0n) is 10.9. The van der Waals surface area contributed by atoms with Gasteiger partial charge < -0.3 is 20.7 Å². The highest BCUT2D eigenvalue weighted by Gasteiger charge is 2.50. The maximum atomic E-state index is 12.6. The van der Waals surface area contributed by atoms with Crippen LogP contribution in [0.1, 0.15) is 25.7 Å². The first-order chi connectivity index (χ1) is 8.60. The smallest absolute Gasteiger partial charge is 0.236 e. The Morgan fingerprint density at radius 3 is 2.50 bits per heavy atom. The van der Waals surface area contributed by atoms with E-state index in [1.54, 1.807) is 0 Å². The summed E-state index contributed by atoms with van der Waals surface area (Å²) in [5, 5.41) is 11.9. The van der Waals surface area contributed by atoms with Crippen LogP contribution >= 0.6 is 0 Å². The molecule has 6 nitrogen and oxygen atoms in total. The third-order valence-electron chi connectivity index (χ3n) is 4.22. The van der Waals surface area contributed by atoms with Crippen molar-refractivity contribution in [2.75, 3.05) is 33.2 Å². The number of rotatable bonds is 2. The maximum Gasteiger partial charge on any atom is 0.236 e. The zero-order chi connectivity index (χ0) is 13.2. The lowest BCUT2D eigenvalue weighted by Gasteiger charge is -2.42. The molecule has 1 saturated heterocycles. The third-order valence-corrected chi connectivity index (χ3v) is 4.22. The van der Waals surface area contributed by atoms with Crippen LogP contribution in [0.5, 0.6) is 0 Å². The average molecular weight is 254 g/mol. The van der Waals surface area contributed by atoms with Gasteiger partial charge in [0.05, 0.1) is 0 Å². The van der Waals surface area contributed by atoms with Crippen LogP contribution in [0.25, 0.3) is 0 Å². The molecule has 2 aliphatic rings. The number of oxime groups is 1. The Bertz CT molecular complexity index is 352. The fraction of sp³-hybridized carbons (Fsp3) is 0.833. The van der Waals surface area contributed by atoms with Crippen molar-refractivity contribution in [2.24, 2.45) is 16.3 Å². The van der Waals surface area contributed by atoms with Gasteiger partial charge >= 0.3 is 0 Å². The number of amides is 1. The van der Waals surface area contributed by atoms with E-state index in [2.05, 4.69) is 17.1 Å². The molecule has 0 aromatic heterocycles. The van der Waals surface area contributed by atoms with Gasteiger partial charge in [0.25, 0.3) is 0 Å². The molecule has 0 atom stereocenters. The lowest BCUT2D eigenvalue weighted by Crippen LogP contribution is -2.55. The maximum absolute atomic E-state index is 12.6. The van der Waals surface area contributed by atoms with Gasteiger partial charge in [0, 0.05) is 19.6 Å². The van der Waals surface area contributed by atoms with E-state index >= 15 is 0 Å². The lowest BCUT2D eigenvalue weighted by atomic mass is 9.67. The summed E-state index contributed by atoms with van der Waals surface area (Å²) in [6.07, 6.45) is 3.35. The van der Waals surface area contributed by atoms with Gasteiger partial charge in [-0.3, -0.25) is 4.79 Å². The molecule has 1 aliphatic heterocycles. The molecule has 1 aliphatic carbocycles. The Morgan fingerprint density at radius 2 is 1.94 bits per heavy atom. The predicted molar refractivity (Wildman–Crippen MR) is 68.4 cm³/mol. The second-order valence-electron chi connectivity index (χ2n) is 5.37. The lowest BCUT2D eigenvalue weighted by molar-refractivity contribution is -0.142. The molecule has 0 aromatic carbocycles. The van der Waals surface area contributed by atoms with Gasteiger partial charge in [-0.2, -0.15) is 0 Å². The van der Waals surface area contributed by atoms with Gasteiger partial charge in [-0.05, 0) is 32.9 Å². The molecule has 102 valence electrons. The van der Waals surface area contributed by atoms with E-state index in [1.807, 2.05) is 4.90 Å². The minimum absolute atomic E-state index is 0.0411. The van der Waals surface area contributed by atoms with Crippen LogP contribution in [-0.4, -0.2) is 60.0 Å². The Hall–Kier alpha value is -1.30. The van der Waals surface area contributed by atoms with E-state index in [1.165, 1.54) is 0 Å². The van der Waals surface area contributed by atoms with E-state index in [4.69, 9.17) is 10.9 Å². The van der Waals surface area contributed by atoms with Crippen LogP contribution in [0.4, 0.5) is 0 Å². The van der Waals surface area contributed by atoms with Gasteiger partial charge in [-0.15, -0.1) is 0 Å². The first kappa shape index (κ1) is 13.1. The molecule has 1 heterocycles. The van der Waals surface area contributed by atoms with Gasteiger partial charge in [0.1, 0.15) is 5.41 Å². The predicted octanol–water partition coefficient (Wildman–Crippen LogP) is 0.0672. The summed E-state index contributed by atoms with van der Waals surface area (Å²) >= 11 is 0. The van der Waals surface area contributed by atoms with Crippen LogP contribution in [0.2, 0.25) is 0 Å². The second-order valence-corrected chi connectivity index (χ2v) is 5.37. The summed E-state index contributed by atoms with van der Waals surface area (Å²) in [5.74, 6) is 0.121. The van der Waals surface area contributed by atoms with E-state index in [0.29, 0.717) is 12.8 Å². The molecule has 1 amide bonds. The van der Waals surface area contributed by atoms with Gasteiger partial charge in [-0.1, -0.05) is 11.6 Å². The highest BCUT2D eigenvalue weighted by molar-refractivity contribution is 6.07. The number of nitrogens with two attached hydrogens (primary N) is 1. The van der Waals surface area contributed by atoms with Gasteiger partial charge in [0.2, 0.25) is 5.91 Å². The minimum atomic E-state index is -0.725. The topological polar surface area (TPSA) is 82.2 Å². The molecule has 3 N–H and O–H groups in total. The largest absolute Gasteiger partial charge is 0.409 e. The van der Waals surface area contributed by atoms with E-state index in [9.17, 15) is 4.79 Å². The first-order valence-corrected chi connectivity index (χ1v) is 6.56. The Balaban J connectivity index is 2.10. The number of nitrogens with zero attached hydrogens (tertiary/aromatic N) is 3. The second kappa shape index (κ2) is 5.14. The Morgan fingerprint density at radius 1 is 1.22 bits per heavy atom. The van der Waals surface area contributed by atoms with Crippen molar-refractivity contribution in [1.82, 2.24) is 9.80 Å². The van der Waals surface area contributed by atoms with Crippen molar-refractivity contribution in [3.8, 4) is 0 Å². The molecular weight excluding hydrogens is 232 g/mol. The Labute approximate surface area is 107 Å². The van der Waals surface area contributed by atoms with Crippen molar-refractivity contribution in [1.29, 1.82) is 0 Å². The first-order valence-electron chi connectivity index (χ1n) is 6.56. The summed E-state index contributed by atoms with van der Waals surface area (Å²) in [7, 11) is 2.07.